The molecule has 1 unspecified atom stereocenters. The Morgan fingerprint density at radius 1 is 1.47 bits per heavy atom. The minimum Gasteiger partial charge on any atom is -0.445 e. The van der Waals surface area contributed by atoms with Crippen LogP contribution < -0.4 is 0 Å². The van der Waals surface area contributed by atoms with Crippen molar-refractivity contribution in [3.05, 3.63) is 12.2 Å². The molecule has 98 valence electrons. The van der Waals surface area contributed by atoms with Crippen LogP contribution in [-0.4, -0.2) is 30.7 Å². The molecule has 1 rings (SSSR count). The Morgan fingerprint density at radius 3 is 2.65 bits per heavy atom. The lowest BCUT2D eigenvalue weighted by molar-refractivity contribution is 0.0889. The number of likely N-dealkylation sites (tertiary alicyclic amines) is 1. The molecule has 0 aromatic heterocycles. The predicted molar refractivity (Wildman–Crippen MR) is 69.9 cm³/mol. The van der Waals surface area contributed by atoms with E-state index in [1.165, 1.54) is 6.42 Å². The first-order valence-electron chi connectivity index (χ1n) is 6.71. The van der Waals surface area contributed by atoms with E-state index in [9.17, 15) is 4.79 Å². The number of piperidine rings is 1. The van der Waals surface area contributed by atoms with Gasteiger partial charge in [0.2, 0.25) is 0 Å². The molecule has 3 nitrogen and oxygen atoms in total. The number of nitrogens with zero attached hydrogens (tertiary/aromatic N) is 1. The normalized spacial score (nSPS) is 19.6. The second-order valence-corrected chi connectivity index (χ2v) is 4.86. The Kier molecular flexibility index (Phi) is 6.09. The van der Waals surface area contributed by atoms with Gasteiger partial charge in [0.05, 0.1) is 0 Å². The maximum Gasteiger partial charge on any atom is 0.410 e. The van der Waals surface area contributed by atoms with Crippen LogP contribution in [0.1, 0.15) is 40.0 Å². The molecule has 17 heavy (non-hydrogen) atoms. The van der Waals surface area contributed by atoms with E-state index in [-0.39, 0.29) is 6.09 Å². The molecule has 0 aromatic rings. The highest BCUT2D eigenvalue weighted by molar-refractivity contribution is 5.67. The maximum absolute atomic E-state index is 11.7. The van der Waals surface area contributed by atoms with Crippen molar-refractivity contribution in [3.8, 4) is 0 Å². The van der Waals surface area contributed by atoms with Gasteiger partial charge in [-0.25, -0.2) is 4.79 Å². The van der Waals surface area contributed by atoms with E-state index in [0.717, 1.165) is 37.8 Å². The van der Waals surface area contributed by atoms with Crippen molar-refractivity contribution in [1.82, 2.24) is 4.90 Å². The van der Waals surface area contributed by atoms with Gasteiger partial charge < -0.3 is 9.64 Å². The summed E-state index contributed by atoms with van der Waals surface area (Å²) in [6.45, 7) is 8.56. The van der Waals surface area contributed by atoms with Gasteiger partial charge in [-0.3, -0.25) is 0 Å². The Labute approximate surface area is 105 Å². The summed E-state index contributed by atoms with van der Waals surface area (Å²) in [6.07, 6.45) is 7.05. The monoisotopic (exact) mass is 239 g/mol. The van der Waals surface area contributed by atoms with E-state index in [2.05, 4.69) is 13.8 Å². The molecule has 1 amide bonds. The predicted octanol–water partition coefficient (Wildman–Crippen LogP) is 3.46. The number of carbonyl (C=O) groups excluding carboxylic acids is 1. The van der Waals surface area contributed by atoms with Gasteiger partial charge in [0.15, 0.2) is 0 Å². The minimum absolute atomic E-state index is 0.161. The number of amides is 1. The molecule has 1 heterocycles. The topological polar surface area (TPSA) is 29.5 Å². The summed E-state index contributed by atoms with van der Waals surface area (Å²) >= 11 is 0. The fourth-order valence-corrected chi connectivity index (χ4v) is 2.29. The van der Waals surface area contributed by atoms with Crippen LogP contribution in [0.3, 0.4) is 0 Å². The van der Waals surface area contributed by atoms with Crippen LogP contribution in [0.4, 0.5) is 4.79 Å². The van der Waals surface area contributed by atoms with Crippen LogP contribution in [0.2, 0.25) is 0 Å². The molecule has 0 spiro atoms. The number of allylic oxidation sites excluding steroid dienone is 1. The van der Waals surface area contributed by atoms with Crippen molar-refractivity contribution in [2.45, 2.75) is 40.0 Å². The molecule has 0 bridgehead atoms. The van der Waals surface area contributed by atoms with Crippen LogP contribution in [0.5, 0.6) is 0 Å². The van der Waals surface area contributed by atoms with Crippen molar-refractivity contribution in [1.29, 1.82) is 0 Å². The fourth-order valence-electron chi connectivity index (χ4n) is 2.29. The molecule has 0 N–H and O–H groups in total. The molecule has 1 saturated heterocycles. The van der Waals surface area contributed by atoms with Crippen LogP contribution in [0, 0.1) is 11.8 Å². The summed E-state index contributed by atoms with van der Waals surface area (Å²) in [4.78, 5) is 13.5. The number of ether oxygens (including phenoxy) is 1. The first kappa shape index (κ1) is 14.1. The number of rotatable bonds is 4. The number of carbonyl (C=O) groups is 1. The van der Waals surface area contributed by atoms with Crippen molar-refractivity contribution in [2.75, 3.05) is 19.7 Å². The molecule has 0 aromatic carbocycles. The fraction of sp³-hybridized carbons (Fsp3) is 0.786. The molecule has 0 aliphatic carbocycles. The van der Waals surface area contributed by atoms with Gasteiger partial charge in [-0.15, -0.1) is 0 Å². The first-order chi connectivity index (χ1) is 8.19. The molecule has 1 aliphatic rings. The second-order valence-electron chi connectivity index (χ2n) is 4.86. The number of hydrogen-bond acceptors (Lipinski definition) is 2. The maximum atomic E-state index is 11.7. The van der Waals surface area contributed by atoms with E-state index < -0.39 is 0 Å². The SMILES string of the molecule is C/C=C/COC(=O)N1CCC(C(C)CC)CC1. The molecule has 3 heteroatoms. The summed E-state index contributed by atoms with van der Waals surface area (Å²) in [5.41, 5.74) is 0. The van der Waals surface area contributed by atoms with Gasteiger partial charge in [-0.05, 0) is 31.6 Å². The van der Waals surface area contributed by atoms with Gasteiger partial charge in [-0.2, -0.15) is 0 Å². The van der Waals surface area contributed by atoms with Gasteiger partial charge in [0.25, 0.3) is 0 Å². The van der Waals surface area contributed by atoms with E-state index in [4.69, 9.17) is 4.74 Å². The highest BCUT2D eigenvalue weighted by Crippen LogP contribution is 2.26. The average molecular weight is 239 g/mol. The molecule has 1 aliphatic heterocycles. The third kappa shape index (κ3) is 4.41. The lowest BCUT2D eigenvalue weighted by Gasteiger charge is -2.33. The third-order valence-electron chi connectivity index (χ3n) is 3.79. The Bertz CT molecular complexity index is 255. The van der Waals surface area contributed by atoms with Crippen LogP contribution in [0.15, 0.2) is 12.2 Å². The summed E-state index contributed by atoms with van der Waals surface area (Å²) in [6, 6.07) is 0. The Morgan fingerprint density at radius 2 is 2.12 bits per heavy atom. The van der Waals surface area contributed by atoms with Gasteiger partial charge >= 0.3 is 6.09 Å². The van der Waals surface area contributed by atoms with E-state index >= 15 is 0 Å². The highest BCUT2D eigenvalue weighted by Gasteiger charge is 2.25. The zero-order valence-corrected chi connectivity index (χ0v) is 11.3. The van der Waals surface area contributed by atoms with Crippen LogP contribution in [0.25, 0.3) is 0 Å². The van der Waals surface area contributed by atoms with Crippen LogP contribution >= 0.6 is 0 Å². The molecule has 1 atom stereocenters. The van der Waals surface area contributed by atoms with Gasteiger partial charge in [-0.1, -0.05) is 32.4 Å². The van der Waals surface area contributed by atoms with Crippen molar-refractivity contribution in [2.24, 2.45) is 11.8 Å². The van der Waals surface area contributed by atoms with Gasteiger partial charge in [0, 0.05) is 13.1 Å². The van der Waals surface area contributed by atoms with Crippen molar-refractivity contribution < 1.29 is 9.53 Å². The number of hydrogen-bond donors (Lipinski definition) is 0. The largest absolute Gasteiger partial charge is 0.445 e. The summed E-state index contributed by atoms with van der Waals surface area (Å²) < 4.78 is 5.14. The summed E-state index contributed by atoms with van der Waals surface area (Å²) in [5.74, 6) is 1.55. The van der Waals surface area contributed by atoms with E-state index in [1.54, 1.807) is 0 Å². The molecular formula is C14H25NO2. The Hall–Kier alpha value is -0.990. The quantitative estimate of drug-likeness (QED) is 0.703. The van der Waals surface area contributed by atoms with E-state index in [0.29, 0.717) is 6.61 Å². The Balaban J connectivity index is 2.28. The second kappa shape index (κ2) is 7.36. The molecule has 0 radical (unpaired) electrons. The van der Waals surface area contributed by atoms with E-state index in [1.807, 2.05) is 24.0 Å². The zero-order valence-electron chi connectivity index (χ0n) is 11.3. The molecular weight excluding hydrogens is 214 g/mol. The first-order valence-corrected chi connectivity index (χ1v) is 6.71. The third-order valence-corrected chi connectivity index (χ3v) is 3.79. The lowest BCUT2D eigenvalue weighted by atomic mass is 9.84. The summed E-state index contributed by atoms with van der Waals surface area (Å²) in [5, 5.41) is 0. The van der Waals surface area contributed by atoms with Crippen molar-refractivity contribution >= 4 is 6.09 Å². The van der Waals surface area contributed by atoms with Crippen molar-refractivity contribution in [3.63, 3.8) is 0 Å². The smallest absolute Gasteiger partial charge is 0.410 e. The highest BCUT2D eigenvalue weighted by atomic mass is 16.6. The lowest BCUT2D eigenvalue weighted by Crippen LogP contribution is -2.40. The van der Waals surface area contributed by atoms with Crippen LogP contribution in [-0.2, 0) is 4.74 Å². The molecule has 0 saturated carbocycles. The minimum atomic E-state index is -0.161. The standard InChI is InChI=1S/C14H25NO2/c1-4-6-11-17-14(16)15-9-7-13(8-10-15)12(3)5-2/h4,6,12-13H,5,7-11H2,1-3H3/b6-4+. The average Bonchev–Trinajstić information content (AvgIpc) is 2.38. The molecule has 1 fully saturated rings. The zero-order chi connectivity index (χ0) is 12.7. The summed E-state index contributed by atoms with van der Waals surface area (Å²) in [7, 11) is 0. The van der Waals surface area contributed by atoms with Gasteiger partial charge in [0.1, 0.15) is 6.61 Å².